The molecule has 2 aromatic carbocycles. The van der Waals surface area contributed by atoms with Crippen LogP contribution in [0.3, 0.4) is 0 Å². The van der Waals surface area contributed by atoms with Gasteiger partial charge in [0.25, 0.3) is 0 Å². The topological polar surface area (TPSA) is 99.1 Å². The number of hydrogen-bond acceptors (Lipinski definition) is 4. The van der Waals surface area contributed by atoms with E-state index in [2.05, 4.69) is 10.0 Å². The molecule has 0 aliphatic rings. The largest absolute Gasteiger partial charge is 0.350 e. The number of carbonyl (C=O) groups excluding carboxylic acids is 1. The van der Waals surface area contributed by atoms with Gasteiger partial charge in [-0.1, -0.05) is 18.2 Å². The Morgan fingerprint density at radius 1 is 1.11 bits per heavy atom. The molecule has 2 aromatic rings. The van der Waals surface area contributed by atoms with Gasteiger partial charge in [0, 0.05) is 13.0 Å². The average molecular weight is 385 g/mol. The van der Waals surface area contributed by atoms with Gasteiger partial charge in [0.15, 0.2) is 0 Å². The van der Waals surface area contributed by atoms with Crippen LogP contribution in [0.15, 0.2) is 47.4 Å². The Bertz CT molecular complexity index is 961. The summed E-state index contributed by atoms with van der Waals surface area (Å²) in [5.74, 6) is -0.255. The minimum atomic E-state index is -3.64. The van der Waals surface area contributed by atoms with Gasteiger partial charge in [0.2, 0.25) is 15.9 Å². The number of nitrogens with zero attached hydrogens (tertiary/aromatic N) is 1. The van der Waals surface area contributed by atoms with E-state index in [9.17, 15) is 13.2 Å². The molecular formula is C20H23N3O3S. The molecule has 27 heavy (non-hydrogen) atoms. The molecule has 1 atom stereocenters. The first-order valence-corrected chi connectivity index (χ1v) is 10.1. The van der Waals surface area contributed by atoms with Crippen LogP contribution in [0.1, 0.15) is 41.6 Å². The van der Waals surface area contributed by atoms with Crippen LogP contribution in [0.4, 0.5) is 0 Å². The third-order valence-electron chi connectivity index (χ3n) is 4.35. The lowest BCUT2D eigenvalue weighted by Crippen LogP contribution is -2.32. The molecule has 0 aliphatic carbocycles. The minimum absolute atomic E-state index is 0.0151. The second-order valence-electron chi connectivity index (χ2n) is 6.42. The maximum atomic E-state index is 12.3. The lowest BCUT2D eigenvalue weighted by Gasteiger charge is -2.15. The van der Waals surface area contributed by atoms with E-state index in [-0.39, 0.29) is 29.8 Å². The molecule has 0 saturated carbocycles. The minimum Gasteiger partial charge on any atom is -0.350 e. The number of rotatable bonds is 7. The molecule has 0 spiro atoms. The number of amides is 1. The molecule has 1 amide bonds. The number of aryl methyl sites for hydroxylation is 2. The summed E-state index contributed by atoms with van der Waals surface area (Å²) in [6.45, 7) is 5.62. The third kappa shape index (κ3) is 5.64. The molecule has 0 heterocycles. The molecule has 0 bridgehead atoms. The smallest absolute Gasteiger partial charge is 0.240 e. The lowest BCUT2D eigenvalue weighted by molar-refractivity contribution is -0.121. The van der Waals surface area contributed by atoms with Gasteiger partial charge < -0.3 is 5.32 Å². The summed E-state index contributed by atoms with van der Waals surface area (Å²) < 4.78 is 27.1. The third-order valence-corrected chi connectivity index (χ3v) is 5.81. The standard InChI is InChI=1S/C20H23N3O3S/c1-14-4-9-19(12-15(14)2)27(25,26)22-11-10-20(24)23-16(3)18-7-5-17(13-21)6-8-18/h4-9,12,16,22H,10-11H2,1-3H3,(H,23,24). The monoisotopic (exact) mass is 385 g/mol. The summed E-state index contributed by atoms with van der Waals surface area (Å²) in [4.78, 5) is 12.3. The quantitative estimate of drug-likeness (QED) is 0.765. The number of benzene rings is 2. The van der Waals surface area contributed by atoms with Crippen LogP contribution >= 0.6 is 0 Å². The van der Waals surface area contributed by atoms with Crippen molar-refractivity contribution in [3.8, 4) is 6.07 Å². The second-order valence-corrected chi connectivity index (χ2v) is 8.18. The van der Waals surface area contributed by atoms with Crippen LogP contribution in [0.2, 0.25) is 0 Å². The first-order valence-electron chi connectivity index (χ1n) is 8.59. The molecule has 0 aliphatic heterocycles. The van der Waals surface area contributed by atoms with Crippen LogP contribution in [-0.4, -0.2) is 20.9 Å². The van der Waals surface area contributed by atoms with Gasteiger partial charge in [0.1, 0.15) is 0 Å². The van der Waals surface area contributed by atoms with E-state index in [1.165, 1.54) is 0 Å². The second kappa shape index (κ2) is 8.80. The molecular weight excluding hydrogens is 362 g/mol. The number of sulfonamides is 1. The summed E-state index contributed by atoms with van der Waals surface area (Å²) in [5, 5.41) is 11.6. The Kier molecular flexibility index (Phi) is 6.72. The molecule has 7 heteroatoms. The van der Waals surface area contributed by atoms with Crippen molar-refractivity contribution in [1.29, 1.82) is 5.26 Å². The Labute approximate surface area is 160 Å². The van der Waals surface area contributed by atoms with Crippen molar-refractivity contribution in [3.05, 3.63) is 64.7 Å². The molecule has 2 rings (SSSR count). The fraction of sp³-hybridized carbons (Fsp3) is 0.300. The number of nitrogens with one attached hydrogen (secondary N) is 2. The van der Waals surface area contributed by atoms with Crippen molar-refractivity contribution in [2.45, 2.75) is 38.1 Å². The van der Waals surface area contributed by atoms with E-state index in [0.29, 0.717) is 5.56 Å². The van der Waals surface area contributed by atoms with E-state index in [4.69, 9.17) is 5.26 Å². The van der Waals surface area contributed by atoms with Gasteiger partial charge in [-0.25, -0.2) is 13.1 Å². The van der Waals surface area contributed by atoms with Crippen molar-refractivity contribution in [2.75, 3.05) is 6.54 Å². The normalized spacial score (nSPS) is 12.2. The lowest BCUT2D eigenvalue weighted by atomic mass is 10.1. The maximum Gasteiger partial charge on any atom is 0.240 e. The molecule has 6 nitrogen and oxygen atoms in total. The average Bonchev–Trinajstić information content (AvgIpc) is 2.63. The molecule has 0 fully saturated rings. The highest BCUT2D eigenvalue weighted by atomic mass is 32.2. The van der Waals surface area contributed by atoms with Gasteiger partial charge in [-0.15, -0.1) is 0 Å². The molecule has 142 valence electrons. The zero-order chi connectivity index (χ0) is 20.0. The van der Waals surface area contributed by atoms with E-state index >= 15 is 0 Å². The molecule has 1 unspecified atom stereocenters. The highest BCUT2D eigenvalue weighted by Gasteiger charge is 2.15. The zero-order valence-corrected chi connectivity index (χ0v) is 16.4. The first-order chi connectivity index (χ1) is 12.7. The van der Waals surface area contributed by atoms with Crippen molar-refractivity contribution in [3.63, 3.8) is 0 Å². The van der Waals surface area contributed by atoms with Crippen molar-refractivity contribution in [2.24, 2.45) is 0 Å². The highest BCUT2D eigenvalue weighted by molar-refractivity contribution is 7.89. The summed E-state index contributed by atoms with van der Waals surface area (Å²) in [6.07, 6.45) is 0.0324. The van der Waals surface area contributed by atoms with Crippen molar-refractivity contribution < 1.29 is 13.2 Å². The SMILES string of the molecule is Cc1ccc(S(=O)(=O)NCCC(=O)NC(C)c2ccc(C#N)cc2)cc1C. The van der Waals surface area contributed by atoms with Crippen molar-refractivity contribution >= 4 is 15.9 Å². The molecule has 2 N–H and O–H groups in total. The fourth-order valence-corrected chi connectivity index (χ4v) is 3.62. The Hall–Kier alpha value is -2.69. The maximum absolute atomic E-state index is 12.3. The molecule has 0 radical (unpaired) electrons. The highest BCUT2D eigenvalue weighted by Crippen LogP contribution is 2.15. The van der Waals surface area contributed by atoms with Gasteiger partial charge in [-0.3, -0.25) is 4.79 Å². The summed E-state index contributed by atoms with van der Waals surface area (Å²) in [6, 6.07) is 13.7. The van der Waals surface area contributed by atoms with Crippen LogP contribution in [0.5, 0.6) is 0 Å². The predicted octanol–water partition coefficient (Wildman–Crippen LogP) is 2.72. The van der Waals surface area contributed by atoms with Gasteiger partial charge >= 0.3 is 0 Å². The van der Waals surface area contributed by atoms with Crippen molar-refractivity contribution in [1.82, 2.24) is 10.0 Å². The van der Waals surface area contributed by atoms with Gasteiger partial charge in [-0.2, -0.15) is 5.26 Å². The van der Waals surface area contributed by atoms with E-state index in [1.807, 2.05) is 26.8 Å². The van der Waals surface area contributed by atoms with Crippen LogP contribution in [0.25, 0.3) is 0 Å². The van der Waals surface area contributed by atoms with E-state index < -0.39 is 10.0 Å². The van der Waals surface area contributed by atoms with Gasteiger partial charge in [-0.05, 0) is 61.7 Å². The predicted molar refractivity (Wildman–Crippen MR) is 103 cm³/mol. The number of nitriles is 1. The van der Waals surface area contributed by atoms with E-state index in [1.54, 1.807) is 42.5 Å². The Morgan fingerprint density at radius 3 is 2.37 bits per heavy atom. The summed E-state index contributed by atoms with van der Waals surface area (Å²) in [5.41, 5.74) is 3.34. The zero-order valence-electron chi connectivity index (χ0n) is 15.6. The summed E-state index contributed by atoms with van der Waals surface area (Å²) >= 11 is 0. The van der Waals surface area contributed by atoms with Gasteiger partial charge in [0.05, 0.1) is 22.6 Å². The molecule has 0 saturated heterocycles. The summed E-state index contributed by atoms with van der Waals surface area (Å²) in [7, 11) is -3.64. The van der Waals surface area contributed by atoms with Crippen LogP contribution in [0, 0.1) is 25.2 Å². The number of hydrogen-bond donors (Lipinski definition) is 2. The Balaban J connectivity index is 1.87. The fourth-order valence-electron chi connectivity index (χ4n) is 2.51. The Morgan fingerprint density at radius 2 is 1.78 bits per heavy atom. The first kappa shape index (κ1) is 20.6. The van der Waals surface area contributed by atoms with Crippen LogP contribution in [-0.2, 0) is 14.8 Å². The number of carbonyl (C=O) groups is 1. The molecule has 0 aromatic heterocycles. The van der Waals surface area contributed by atoms with Crippen LogP contribution < -0.4 is 10.0 Å². The van der Waals surface area contributed by atoms with E-state index in [0.717, 1.165) is 16.7 Å².